The van der Waals surface area contributed by atoms with Crippen molar-refractivity contribution in [1.82, 2.24) is 14.8 Å². The summed E-state index contributed by atoms with van der Waals surface area (Å²) in [6.45, 7) is 6.34. The molecule has 2 fully saturated rings. The molecule has 2 saturated heterocycles. The molecular formula is C29H33FN4O2. The first-order chi connectivity index (χ1) is 17.7. The molecule has 3 heterocycles. The molecule has 0 N–H and O–H groups in total. The molecule has 1 amide bonds. The van der Waals surface area contributed by atoms with Gasteiger partial charge in [-0.25, -0.2) is 4.39 Å². The molecule has 0 radical (unpaired) electrons. The van der Waals surface area contributed by atoms with Gasteiger partial charge in [0.25, 0.3) is 5.91 Å². The highest BCUT2D eigenvalue weighted by molar-refractivity contribution is 5.93. The second kappa shape index (κ2) is 11.5. The number of piperazine rings is 1. The molecule has 2 aliphatic heterocycles. The number of carbonyl (C=O) groups excluding carboxylic acids is 1. The van der Waals surface area contributed by atoms with Gasteiger partial charge in [-0.05, 0) is 54.8 Å². The third kappa shape index (κ3) is 6.02. The van der Waals surface area contributed by atoms with Gasteiger partial charge < -0.3 is 14.5 Å². The van der Waals surface area contributed by atoms with Gasteiger partial charge in [-0.15, -0.1) is 0 Å². The highest BCUT2D eigenvalue weighted by atomic mass is 19.1. The number of rotatable bonds is 7. The summed E-state index contributed by atoms with van der Waals surface area (Å²) < 4.78 is 20.3. The maximum atomic E-state index is 14.1. The van der Waals surface area contributed by atoms with Crippen LogP contribution in [-0.4, -0.2) is 66.6 Å². The van der Waals surface area contributed by atoms with Crippen LogP contribution >= 0.6 is 0 Å². The summed E-state index contributed by atoms with van der Waals surface area (Å²) in [5, 5.41) is 0. The SMILES string of the molecule is O=C(c1cccnc1)N1CCCC(COc2cccc(CN3CCN(c4ccccc4F)CC3)c2)C1. The second-order valence-corrected chi connectivity index (χ2v) is 9.67. The summed E-state index contributed by atoms with van der Waals surface area (Å²) in [5.74, 6) is 1.07. The second-order valence-electron chi connectivity index (χ2n) is 9.67. The van der Waals surface area contributed by atoms with Gasteiger partial charge in [0.1, 0.15) is 11.6 Å². The molecule has 6 nitrogen and oxygen atoms in total. The number of para-hydroxylation sites is 1. The van der Waals surface area contributed by atoms with E-state index in [9.17, 15) is 9.18 Å². The third-order valence-corrected chi connectivity index (χ3v) is 7.07. The van der Waals surface area contributed by atoms with Crippen LogP contribution in [0.25, 0.3) is 0 Å². The molecule has 1 atom stereocenters. The number of amides is 1. The molecule has 5 rings (SSSR count). The first kappa shape index (κ1) is 24.3. The number of pyridine rings is 1. The van der Waals surface area contributed by atoms with Gasteiger partial charge in [-0.1, -0.05) is 24.3 Å². The van der Waals surface area contributed by atoms with E-state index in [4.69, 9.17) is 4.74 Å². The minimum atomic E-state index is -0.154. The number of benzene rings is 2. The van der Waals surface area contributed by atoms with Crippen LogP contribution in [0.1, 0.15) is 28.8 Å². The number of ether oxygens (including phenoxy) is 1. The van der Waals surface area contributed by atoms with E-state index in [1.807, 2.05) is 35.2 Å². The van der Waals surface area contributed by atoms with Crippen LogP contribution in [0.3, 0.4) is 0 Å². The van der Waals surface area contributed by atoms with Crippen molar-refractivity contribution >= 4 is 11.6 Å². The smallest absolute Gasteiger partial charge is 0.255 e. The standard InChI is InChI=1S/C29H33FN4O2/c30-27-10-1-2-11-28(27)33-16-14-32(15-17-33)20-23-6-3-9-26(18-23)36-22-24-7-5-13-34(21-24)29(35)25-8-4-12-31-19-25/h1-4,6,8-12,18-19,24H,5,7,13-17,20-22H2. The van der Waals surface area contributed by atoms with Crippen LogP contribution in [0.2, 0.25) is 0 Å². The fraction of sp³-hybridized carbons (Fsp3) is 0.379. The molecule has 7 heteroatoms. The van der Waals surface area contributed by atoms with Crippen molar-refractivity contribution in [3.05, 3.63) is 90.0 Å². The predicted octanol–water partition coefficient (Wildman–Crippen LogP) is 4.47. The maximum Gasteiger partial charge on any atom is 0.255 e. The number of hydrogen-bond donors (Lipinski definition) is 0. The number of aromatic nitrogens is 1. The fourth-order valence-electron chi connectivity index (χ4n) is 5.12. The Morgan fingerprint density at radius 3 is 2.67 bits per heavy atom. The largest absolute Gasteiger partial charge is 0.493 e. The zero-order valence-electron chi connectivity index (χ0n) is 20.6. The molecule has 0 spiro atoms. The van der Waals surface area contributed by atoms with Crippen LogP contribution in [0.15, 0.2) is 73.1 Å². The van der Waals surface area contributed by atoms with Crippen molar-refractivity contribution in [3.8, 4) is 5.75 Å². The molecule has 0 saturated carbocycles. The van der Waals surface area contributed by atoms with Crippen molar-refractivity contribution in [2.24, 2.45) is 5.92 Å². The summed E-state index contributed by atoms with van der Waals surface area (Å²) >= 11 is 0. The highest BCUT2D eigenvalue weighted by Crippen LogP contribution is 2.23. The zero-order valence-corrected chi connectivity index (χ0v) is 20.6. The van der Waals surface area contributed by atoms with Gasteiger partial charge in [-0.3, -0.25) is 14.7 Å². The van der Waals surface area contributed by atoms with Crippen LogP contribution in [0, 0.1) is 11.7 Å². The molecule has 3 aromatic rings. The average Bonchev–Trinajstić information content (AvgIpc) is 2.93. The highest BCUT2D eigenvalue weighted by Gasteiger charge is 2.25. The lowest BCUT2D eigenvalue weighted by molar-refractivity contribution is 0.0633. The number of carbonyl (C=O) groups is 1. The summed E-state index contributed by atoms with van der Waals surface area (Å²) in [6, 6.07) is 18.9. The van der Waals surface area contributed by atoms with Gasteiger partial charge >= 0.3 is 0 Å². The van der Waals surface area contributed by atoms with Gasteiger partial charge in [0.15, 0.2) is 0 Å². The summed E-state index contributed by atoms with van der Waals surface area (Å²) in [7, 11) is 0. The predicted molar refractivity (Wildman–Crippen MR) is 139 cm³/mol. The lowest BCUT2D eigenvalue weighted by Crippen LogP contribution is -2.46. The van der Waals surface area contributed by atoms with Crippen molar-refractivity contribution in [2.45, 2.75) is 19.4 Å². The lowest BCUT2D eigenvalue weighted by atomic mass is 9.98. The quantitative estimate of drug-likeness (QED) is 0.491. The molecule has 1 unspecified atom stereocenters. The number of piperidine rings is 1. The van der Waals surface area contributed by atoms with E-state index in [2.05, 4.69) is 26.9 Å². The summed E-state index contributed by atoms with van der Waals surface area (Å²) in [5.41, 5.74) is 2.54. The topological polar surface area (TPSA) is 48.9 Å². The minimum Gasteiger partial charge on any atom is -0.493 e. The monoisotopic (exact) mass is 488 g/mol. The number of anilines is 1. The molecule has 0 bridgehead atoms. The average molecular weight is 489 g/mol. The molecule has 36 heavy (non-hydrogen) atoms. The normalized spacial score (nSPS) is 18.8. The molecule has 2 aromatic carbocycles. The van der Waals surface area contributed by atoms with Crippen molar-refractivity contribution in [1.29, 1.82) is 0 Å². The Kier molecular flexibility index (Phi) is 7.76. The van der Waals surface area contributed by atoms with Crippen molar-refractivity contribution in [3.63, 3.8) is 0 Å². The van der Waals surface area contributed by atoms with Crippen LogP contribution in [0.5, 0.6) is 5.75 Å². The molecular weight excluding hydrogens is 455 g/mol. The summed E-state index contributed by atoms with van der Waals surface area (Å²) in [6.07, 6.45) is 5.36. The van der Waals surface area contributed by atoms with Gasteiger partial charge in [-0.2, -0.15) is 0 Å². The van der Waals surface area contributed by atoms with Gasteiger partial charge in [0, 0.05) is 64.1 Å². The number of halogens is 1. The Bertz CT molecular complexity index is 1150. The number of hydrogen-bond acceptors (Lipinski definition) is 5. The van der Waals surface area contributed by atoms with Gasteiger partial charge in [0.2, 0.25) is 0 Å². The maximum absolute atomic E-state index is 14.1. The van der Waals surface area contributed by atoms with Gasteiger partial charge in [0.05, 0.1) is 17.9 Å². The van der Waals surface area contributed by atoms with E-state index in [0.29, 0.717) is 30.3 Å². The van der Waals surface area contributed by atoms with E-state index < -0.39 is 0 Å². The fourth-order valence-corrected chi connectivity index (χ4v) is 5.12. The molecule has 0 aliphatic carbocycles. The van der Waals surface area contributed by atoms with Crippen LogP contribution < -0.4 is 9.64 Å². The Morgan fingerprint density at radius 1 is 1.00 bits per heavy atom. The Hall–Kier alpha value is -3.45. The summed E-state index contributed by atoms with van der Waals surface area (Å²) in [4.78, 5) is 23.3. The van der Waals surface area contributed by atoms with Crippen molar-refractivity contribution < 1.29 is 13.9 Å². The Labute approximate surface area is 212 Å². The van der Waals surface area contributed by atoms with Crippen molar-refractivity contribution in [2.75, 3.05) is 50.8 Å². The Balaban J connectivity index is 1.10. The minimum absolute atomic E-state index is 0.0462. The van der Waals surface area contributed by atoms with E-state index in [0.717, 1.165) is 57.9 Å². The Morgan fingerprint density at radius 2 is 1.86 bits per heavy atom. The number of nitrogens with zero attached hydrogens (tertiary/aromatic N) is 4. The first-order valence-corrected chi connectivity index (χ1v) is 12.8. The number of likely N-dealkylation sites (tertiary alicyclic amines) is 1. The van der Waals surface area contributed by atoms with Crippen LogP contribution in [-0.2, 0) is 6.54 Å². The molecule has 188 valence electrons. The van der Waals surface area contributed by atoms with Crippen LogP contribution in [0.4, 0.5) is 10.1 Å². The van der Waals surface area contributed by atoms with E-state index >= 15 is 0 Å². The zero-order chi connectivity index (χ0) is 24.7. The van der Waals surface area contributed by atoms with E-state index in [1.54, 1.807) is 24.5 Å². The lowest BCUT2D eigenvalue weighted by Gasteiger charge is -2.36. The third-order valence-electron chi connectivity index (χ3n) is 7.07. The molecule has 1 aromatic heterocycles. The first-order valence-electron chi connectivity index (χ1n) is 12.8. The molecule has 2 aliphatic rings. The van der Waals surface area contributed by atoms with E-state index in [1.165, 1.54) is 11.6 Å². The van der Waals surface area contributed by atoms with E-state index in [-0.39, 0.29) is 11.7 Å².